The van der Waals surface area contributed by atoms with E-state index < -0.39 is 12.2 Å². The number of halogens is 1. The summed E-state index contributed by atoms with van der Waals surface area (Å²) in [5.74, 6) is 0.0721. The fraction of sp³-hybridized carbons (Fsp3) is 0.200. The van der Waals surface area contributed by atoms with Crippen LogP contribution in [0, 0.1) is 0 Å². The molecule has 0 amide bonds. The summed E-state index contributed by atoms with van der Waals surface area (Å²) in [5, 5.41) is 16.8. The second-order valence-electron chi connectivity index (χ2n) is 7.73. The minimum atomic E-state index is -1.13. The number of carbonyl (C=O) groups is 1. The van der Waals surface area contributed by atoms with Crippen LogP contribution in [0.2, 0.25) is 0 Å². The van der Waals surface area contributed by atoms with Crippen LogP contribution in [-0.2, 0) is 0 Å². The van der Waals surface area contributed by atoms with Crippen LogP contribution < -0.4 is 14.2 Å². The van der Waals surface area contributed by atoms with Gasteiger partial charge in [0.25, 0.3) is 0 Å². The molecule has 0 aliphatic carbocycles. The number of carboxylic acid groups (broad SMARTS) is 1. The molecule has 0 saturated heterocycles. The fourth-order valence-electron chi connectivity index (χ4n) is 4.42. The predicted octanol–water partition coefficient (Wildman–Crippen LogP) is 5.41. The first kappa shape index (κ1) is 21.3. The molecule has 0 saturated carbocycles. The smallest absolute Gasteiger partial charge is 0.340 e. The Kier molecular flexibility index (Phi) is 5.46. The van der Waals surface area contributed by atoms with Crippen molar-refractivity contribution in [1.82, 2.24) is 5.01 Å². The van der Waals surface area contributed by atoms with Crippen LogP contribution in [-0.4, -0.2) is 36.0 Å². The summed E-state index contributed by atoms with van der Waals surface area (Å²) in [6, 6.07) is 19.1. The van der Waals surface area contributed by atoms with E-state index in [4.69, 9.17) is 19.3 Å². The normalized spacial score (nSPS) is 18.6. The van der Waals surface area contributed by atoms with Crippen molar-refractivity contribution in [1.29, 1.82) is 0 Å². The molecule has 8 heteroatoms. The summed E-state index contributed by atoms with van der Waals surface area (Å²) >= 11 is 3.48. The number of aromatic carboxylic acids is 1. The second-order valence-corrected chi connectivity index (χ2v) is 8.65. The Labute approximate surface area is 199 Å². The molecule has 0 radical (unpaired) electrons. The topological polar surface area (TPSA) is 80.6 Å². The summed E-state index contributed by atoms with van der Waals surface area (Å²) < 4.78 is 18.1. The lowest BCUT2D eigenvalue weighted by atomic mass is 9.95. The van der Waals surface area contributed by atoms with E-state index in [9.17, 15) is 9.90 Å². The molecule has 5 rings (SSSR count). The summed E-state index contributed by atoms with van der Waals surface area (Å²) in [5.41, 5.74) is 3.37. The third kappa shape index (κ3) is 3.60. The molecule has 2 aliphatic rings. The van der Waals surface area contributed by atoms with Crippen LogP contribution in [0.15, 0.2) is 70.2 Å². The average molecular weight is 509 g/mol. The third-order valence-corrected chi connectivity index (χ3v) is 6.46. The van der Waals surface area contributed by atoms with Gasteiger partial charge in [0.15, 0.2) is 11.5 Å². The molecule has 2 aliphatic heterocycles. The van der Waals surface area contributed by atoms with Gasteiger partial charge < -0.3 is 19.3 Å². The van der Waals surface area contributed by atoms with Gasteiger partial charge in [-0.1, -0.05) is 46.3 Å². The fourth-order valence-corrected chi connectivity index (χ4v) is 4.69. The minimum absolute atomic E-state index is 0.00715. The van der Waals surface area contributed by atoms with Gasteiger partial charge in [-0.2, -0.15) is 5.10 Å². The molecule has 33 heavy (non-hydrogen) atoms. The zero-order chi connectivity index (χ0) is 23.1. The van der Waals surface area contributed by atoms with Crippen molar-refractivity contribution in [2.45, 2.75) is 18.7 Å². The third-order valence-electron chi connectivity index (χ3n) is 5.93. The van der Waals surface area contributed by atoms with Crippen LogP contribution in [0.3, 0.4) is 0 Å². The lowest BCUT2D eigenvalue weighted by Gasteiger charge is -2.38. The summed E-state index contributed by atoms with van der Waals surface area (Å²) in [4.78, 5) is 12.3. The van der Waals surface area contributed by atoms with Crippen LogP contribution >= 0.6 is 15.9 Å². The maximum atomic E-state index is 12.3. The zero-order valence-electron chi connectivity index (χ0n) is 18.0. The SMILES string of the molecule is COc1ccc([C@H]2Oc3ccccc3[C@@H]3CC(c4ccc(Br)cc4)=NN23)c(C(=O)O)c1OC. The highest BCUT2D eigenvalue weighted by Gasteiger charge is 2.43. The predicted molar refractivity (Wildman–Crippen MR) is 126 cm³/mol. The molecule has 0 bridgehead atoms. The Bertz CT molecular complexity index is 1260. The van der Waals surface area contributed by atoms with E-state index >= 15 is 0 Å². The number of hydrogen-bond donors (Lipinski definition) is 1. The molecule has 2 atom stereocenters. The molecule has 1 N–H and O–H groups in total. The molecule has 3 aromatic rings. The number of rotatable bonds is 5. The van der Waals surface area contributed by atoms with Crippen molar-refractivity contribution in [3.05, 3.63) is 87.4 Å². The molecular weight excluding hydrogens is 488 g/mol. The largest absolute Gasteiger partial charge is 0.493 e. The molecule has 0 unspecified atom stereocenters. The second kappa shape index (κ2) is 8.44. The van der Waals surface area contributed by atoms with Crippen molar-refractivity contribution < 1.29 is 24.1 Å². The maximum absolute atomic E-state index is 12.3. The van der Waals surface area contributed by atoms with E-state index in [2.05, 4.69) is 15.9 Å². The van der Waals surface area contributed by atoms with Crippen LogP contribution in [0.1, 0.15) is 45.7 Å². The van der Waals surface area contributed by atoms with Crippen LogP contribution in [0.25, 0.3) is 0 Å². The number of fused-ring (bicyclic) bond motifs is 3. The molecule has 0 spiro atoms. The first-order valence-electron chi connectivity index (χ1n) is 10.4. The monoisotopic (exact) mass is 508 g/mol. The van der Waals surface area contributed by atoms with E-state index in [1.165, 1.54) is 14.2 Å². The van der Waals surface area contributed by atoms with Gasteiger partial charge in [0.1, 0.15) is 11.3 Å². The van der Waals surface area contributed by atoms with Crippen molar-refractivity contribution in [3.63, 3.8) is 0 Å². The average Bonchev–Trinajstić information content (AvgIpc) is 3.28. The van der Waals surface area contributed by atoms with Gasteiger partial charge in [-0.3, -0.25) is 0 Å². The lowest BCUT2D eigenvalue weighted by Crippen LogP contribution is -2.34. The first-order chi connectivity index (χ1) is 16.0. The number of carboxylic acids is 1. The Morgan fingerprint density at radius 3 is 2.52 bits per heavy atom. The zero-order valence-corrected chi connectivity index (χ0v) is 19.6. The summed E-state index contributed by atoms with van der Waals surface area (Å²) in [6.45, 7) is 0. The highest BCUT2D eigenvalue weighted by molar-refractivity contribution is 9.10. The molecule has 168 valence electrons. The summed E-state index contributed by atoms with van der Waals surface area (Å²) in [6.07, 6.45) is -0.0717. The van der Waals surface area contributed by atoms with Gasteiger partial charge in [-0.05, 0) is 35.9 Å². The number of hydrogen-bond acceptors (Lipinski definition) is 6. The number of ether oxygens (including phenoxy) is 3. The summed E-state index contributed by atoms with van der Waals surface area (Å²) in [7, 11) is 2.90. The van der Waals surface area contributed by atoms with Gasteiger partial charge in [0, 0.05) is 22.0 Å². The minimum Gasteiger partial charge on any atom is -0.493 e. The lowest BCUT2D eigenvalue weighted by molar-refractivity contribution is -0.0199. The van der Waals surface area contributed by atoms with Gasteiger partial charge in [0.2, 0.25) is 6.23 Å². The van der Waals surface area contributed by atoms with Gasteiger partial charge >= 0.3 is 5.97 Å². The Balaban J connectivity index is 1.66. The molecular formula is C25H21BrN2O5. The van der Waals surface area contributed by atoms with E-state index in [1.54, 1.807) is 12.1 Å². The van der Waals surface area contributed by atoms with Gasteiger partial charge in [0.05, 0.1) is 26.0 Å². The Morgan fingerprint density at radius 1 is 1.06 bits per heavy atom. The number of benzene rings is 3. The number of hydrazone groups is 1. The van der Waals surface area contributed by atoms with E-state index in [0.717, 1.165) is 21.3 Å². The number of methoxy groups -OCH3 is 2. The number of para-hydroxylation sites is 1. The highest BCUT2D eigenvalue weighted by atomic mass is 79.9. The highest BCUT2D eigenvalue weighted by Crippen LogP contribution is 2.49. The van der Waals surface area contributed by atoms with Gasteiger partial charge in [-0.15, -0.1) is 0 Å². The Morgan fingerprint density at radius 2 is 1.82 bits per heavy atom. The molecule has 3 aromatic carbocycles. The van der Waals surface area contributed by atoms with Gasteiger partial charge in [-0.25, -0.2) is 9.80 Å². The molecule has 2 heterocycles. The molecule has 0 aromatic heterocycles. The van der Waals surface area contributed by atoms with Crippen molar-refractivity contribution >= 4 is 27.6 Å². The molecule has 0 fully saturated rings. The van der Waals surface area contributed by atoms with E-state index in [0.29, 0.717) is 23.5 Å². The standard InChI is InChI=1S/C25H21BrN2O5/c1-31-21-12-11-17(22(25(29)30)23(21)32-2)24-28-19(16-5-3-4-6-20(16)33-24)13-18(27-28)14-7-9-15(26)10-8-14/h3-12,19,24H,13H2,1-2H3,(H,29,30)/t19-,24+/m0/s1. The first-order valence-corrected chi connectivity index (χ1v) is 11.2. The number of nitrogens with zero attached hydrogens (tertiary/aromatic N) is 2. The van der Waals surface area contributed by atoms with Crippen molar-refractivity contribution in [2.75, 3.05) is 14.2 Å². The quantitative estimate of drug-likeness (QED) is 0.496. The van der Waals surface area contributed by atoms with Crippen molar-refractivity contribution in [3.8, 4) is 17.2 Å². The maximum Gasteiger partial charge on any atom is 0.340 e. The van der Waals surface area contributed by atoms with E-state index in [1.807, 2.05) is 53.5 Å². The van der Waals surface area contributed by atoms with E-state index in [-0.39, 0.29) is 17.4 Å². The Hall–Kier alpha value is -3.52. The van der Waals surface area contributed by atoms with Crippen molar-refractivity contribution in [2.24, 2.45) is 5.10 Å². The van der Waals surface area contributed by atoms with Crippen LogP contribution in [0.4, 0.5) is 0 Å². The van der Waals surface area contributed by atoms with Crippen LogP contribution in [0.5, 0.6) is 17.2 Å². The molecule has 7 nitrogen and oxygen atoms in total.